The lowest BCUT2D eigenvalue weighted by Crippen LogP contribution is -2.41. The highest BCUT2D eigenvalue weighted by Gasteiger charge is 2.28. The quantitative estimate of drug-likeness (QED) is 0.224. The molecule has 1 amide bonds. The molecule has 7 nitrogen and oxygen atoms in total. The fourth-order valence-corrected chi connectivity index (χ4v) is 4.78. The van der Waals surface area contributed by atoms with E-state index in [-0.39, 0.29) is 35.3 Å². The Kier molecular flexibility index (Phi) is 7.33. The molecule has 3 N–H and O–H groups in total. The van der Waals surface area contributed by atoms with Crippen molar-refractivity contribution in [1.29, 1.82) is 0 Å². The van der Waals surface area contributed by atoms with Crippen LogP contribution in [0.5, 0.6) is 0 Å². The zero-order valence-electron chi connectivity index (χ0n) is 19.7. The van der Waals surface area contributed by atoms with Gasteiger partial charge in [-0.1, -0.05) is 23.6 Å². The van der Waals surface area contributed by atoms with Crippen molar-refractivity contribution in [3.05, 3.63) is 52.9 Å². The molecular weight excluding hydrogens is 481 g/mol. The molecule has 1 aromatic heterocycles. The Morgan fingerprint density at radius 1 is 1.19 bits per heavy atom. The molecule has 2 atom stereocenters. The molecule has 0 spiro atoms. The van der Waals surface area contributed by atoms with E-state index in [2.05, 4.69) is 31.8 Å². The molecule has 0 aliphatic heterocycles. The van der Waals surface area contributed by atoms with Crippen LogP contribution in [0.4, 0.5) is 10.3 Å². The number of terminal acetylenes is 1. The number of hydrogen-bond donors (Lipinski definition) is 3. The smallest absolute Gasteiger partial charge is 0.254 e. The van der Waals surface area contributed by atoms with Crippen LogP contribution < -0.4 is 16.0 Å². The van der Waals surface area contributed by atoms with E-state index in [0.717, 1.165) is 48.6 Å². The number of nitrogens with one attached hydrogen (secondary N) is 3. The minimum Gasteiger partial charge on any atom is -0.354 e. The summed E-state index contributed by atoms with van der Waals surface area (Å²) in [7, 11) is 0. The number of hydrogen-bond acceptors (Lipinski definition) is 6. The Morgan fingerprint density at radius 3 is 2.83 bits per heavy atom. The lowest BCUT2D eigenvalue weighted by Gasteiger charge is -2.22. The van der Waals surface area contributed by atoms with E-state index in [0.29, 0.717) is 18.2 Å². The summed E-state index contributed by atoms with van der Waals surface area (Å²) in [4.78, 5) is 21.7. The van der Waals surface area contributed by atoms with Crippen LogP contribution in [-0.2, 0) is 4.74 Å². The van der Waals surface area contributed by atoms with Gasteiger partial charge in [-0.3, -0.25) is 10.1 Å². The van der Waals surface area contributed by atoms with Gasteiger partial charge in [-0.15, -0.1) is 6.42 Å². The number of carbonyl (C=O) groups excluding carboxylic acids is 1. The van der Waals surface area contributed by atoms with Crippen molar-refractivity contribution in [2.45, 2.75) is 50.2 Å². The van der Waals surface area contributed by atoms with Crippen molar-refractivity contribution in [2.24, 2.45) is 0 Å². The predicted molar refractivity (Wildman–Crippen MR) is 138 cm³/mol. The molecule has 3 aromatic rings. The summed E-state index contributed by atoms with van der Waals surface area (Å²) in [5.41, 5.74) is 2.09. The Labute approximate surface area is 214 Å². The van der Waals surface area contributed by atoms with Gasteiger partial charge in [0, 0.05) is 35.3 Å². The Morgan fingerprint density at radius 2 is 2.03 bits per heavy atom. The molecule has 0 radical (unpaired) electrons. The van der Waals surface area contributed by atoms with Crippen molar-refractivity contribution >= 4 is 34.4 Å². The number of anilines is 1. The van der Waals surface area contributed by atoms with Gasteiger partial charge in [-0.05, 0) is 61.9 Å². The van der Waals surface area contributed by atoms with Crippen LogP contribution in [0, 0.1) is 18.2 Å². The Hall–Kier alpha value is -3.25. The van der Waals surface area contributed by atoms with Gasteiger partial charge in [-0.2, -0.15) is 0 Å². The van der Waals surface area contributed by atoms with Crippen molar-refractivity contribution < 1.29 is 13.9 Å². The molecule has 5 rings (SSSR count). The first kappa shape index (κ1) is 24.4. The third kappa shape index (κ3) is 5.59. The van der Waals surface area contributed by atoms with Crippen LogP contribution in [0.2, 0.25) is 5.02 Å². The highest BCUT2D eigenvalue weighted by molar-refractivity contribution is 6.33. The molecule has 0 saturated heterocycles. The zero-order valence-corrected chi connectivity index (χ0v) is 20.4. The number of halogens is 2. The van der Waals surface area contributed by atoms with Gasteiger partial charge in [0.05, 0.1) is 22.8 Å². The number of benzene rings is 2. The van der Waals surface area contributed by atoms with Gasteiger partial charge in [0.2, 0.25) is 5.95 Å². The summed E-state index contributed by atoms with van der Waals surface area (Å²) in [5, 5.41) is 10.7. The minimum atomic E-state index is -0.635. The lowest BCUT2D eigenvalue weighted by atomic mass is 10.0. The summed E-state index contributed by atoms with van der Waals surface area (Å²) in [6.45, 7) is 0.690. The van der Waals surface area contributed by atoms with Gasteiger partial charge < -0.3 is 15.4 Å². The molecular formula is C27H27ClFN5O2. The topological polar surface area (TPSA) is 88.2 Å². The first-order chi connectivity index (χ1) is 17.5. The average Bonchev–Trinajstić information content (AvgIpc) is 3.58. The summed E-state index contributed by atoms with van der Waals surface area (Å²) >= 11 is 6.36. The van der Waals surface area contributed by atoms with Gasteiger partial charge in [0.25, 0.3) is 5.91 Å². The highest BCUT2D eigenvalue weighted by Crippen LogP contribution is 2.33. The van der Waals surface area contributed by atoms with Crippen molar-refractivity contribution in [3.63, 3.8) is 0 Å². The number of amides is 1. The number of aromatic nitrogens is 2. The highest BCUT2D eigenvalue weighted by atomic mass is 35.5. The fourth-order valence-electron chi connectivity index (χ4n) is 4.52. The second kappa shape index (κ2) is 10.8. The SMILES string of the molecule is C#CCOCN[C@H]1CCC[C@H]1Nc1ncc2cc(-c3cc(C(=O)NC4CC4)c(F)cc3Cl)ccc2n1. The normalized spacial score (nSPS) is 19.2. The lowest BCUT2D eigenvalue weighted by molar-refractivity contribution is 0.0947. The Balaban J connectivity index is 1.33. The average molecular weight is 508 g/mol. The molecule has 1 heterocycles. The molecule has 0 bridgehead atoms. The predicted octanol–water partition coefficient (Wildman–Crippen LogP) is 4.51. The molecule has 2 aromatic carbocycles. The van der Waals surface area contributed by atoms with E-state index in [1.54, 1.807) is 6.20 Å². The van der Waals surface area contributed by atoms with Crippen molar-refractivity contribution in [3.8, 4) is 23.5 Å². The maximum atomic E-state index is 14.5. The van der Waals surface area contributed by atoms with E-state index in [1.165, 1.54) is 12.1 Å². The maximum Gasteiger partial charge on any atom is 0.254 e. The van der Waals surface area contributed by atoms with Crippen molar-refractivity contribution in [1.82, 2.24) is 20.6 Å². The first-order valence-electron chi connectivity index (χ1n) is 12.1. The number of carbonyl (C=O) groups is 1. The minimum absolute atomic E-state index is 0.0124. The van der Waals surface area contributed by atoms with Crippen LogP contribution >= 0.6 is 11.6 Å². The summed E-state index contributed by atoms with van der Waals surface area (Å²) in [5.74, 6) is 1.95. The van der Waals surface area contributed by atoms with Crippen LogP contribution in [0.3, 0.4) is 0 Å². The van der Waals surface area contributed by atoms with Crippen LogP contribution in [0.25, 0.3) is 22.0 Å². The summed E-state index contributed by atoms with van der Waals surface area (Å²) in [6.07, 6.45) is 12.0. The second-order valence-corrected chi connectivity index (χ2v) is 9.62. The van der Waals surface area contributed by atoms with E-state index < -0.39 is 11.7 Å². The van der Waals surface area contributed by atoms with Gasteiger partial charge in [0.15, 0.2) is 0 Å². The van der Waals surface area contributed by atoms with Gasteiger partial charge in [0.1, 0.15) is 12.4 Å². The molecule has 2 saturated carbocycles. The monoisotopic (exact) mass is 507 g/mol. The number of ether oxygens (including phenoxy) is 1. The molecule has 2 fully saturated rings. The number of fused-ring (bicyclic) bond motifs is 1. The van der Waals surface area contributed by atoms with E-state index in [1.807, 2.05) is 18.2 Å². The zero-order chi connectivity index (χ0) is 25.1. The largest absolute Gasteiger partial charge is 0.354 e. The molecule has 0 unspecified atom stereocenters. The molecule has 2 aliphatic carbocycles. The third-order valence-corrected chi connectivity index (χ3v) is 6.88. The molecule has 2 aliphatic rings. The standard InChI is InChI=1S/C27H27ClFN5O2/c1-2-10-36-15-31-24-4-3-5-25(24)34-27-30-14-17-11-16(6-9-23(17)33-27)19-12-20(22(29)13-21(19)28)26(35)32-18-7-8-18/h1,6,9,11-14,18,24-25,31H,3-5,7-8,10,15H2,(H,32,35)(H,30,33,34)/t24-,25+/m0/s1. The first-order valence-corrected chi connectivity index (χ1v) is 12.5. The van der Waals surface area contributed by atoms with Crippen LogP contribution in [0.15, 0.2) is 36.5 Å². The third-order valence-electron chi connectivity index (χ3n) is 6.57. The summed E-state index contributed by atoms with van der Waals surface area (Å²) in [6, 6.07) is 8.90. The number of rotatable bonds is 9. The second-order valence-electron chi connectivity index (χ2n) is 9.22. The molecule has 36 heavy (non-hydrogen) atoms. The number of nitrogens with zero attached hydrogens (tertiary/aromatic N) is 2. The van der Waals surface area contributed by atoms with Gasteiger partial charge >= 0.3 is 0 Å². The summed E-state index contributed by atoms with van der Waals surface area (Å²) < 4.78 is 19.8. The maximum absolute atomic E-state index is 14.5. The molecule has 186 valence electrons. The fraction of sp³-hybridized carbons (Fsp3) is 0.370. The van der Waals surface area contributed by atoms with Gasteiger partial charge in [-0.25, -0.2) is 14.4 Å². The molecule has 9 heteroatoms. The van der Waals surface area contributed by atoms with Crippen LogP contribution in [-0.4, -0.2) is 47.3 Å². The Bertz CT molecular complexity index is 1320. The van der Waals surface area contributed by atoms with E-state index >= 15 is 0 Å². The van der Waals surface area contributed by atoms with Crippen LogP contribution in [0.1, 0.15) is 42.5 Å². The van der Waals surface area contributed by atoms with E-state index in [4.69, 9.17) is 22.8 Å². The van der Waals surface area contributed by atoms with E-state index in [9.17, 15) is 9.18 Å². The van der Waals surface area contributed by atoms with Crippen molar-refractivity contribution in [2.75, 3.05) is 18.7 Å².